The van der Waals surface area contributed by atoms with Gasteiger partial charge in [-0.15, -0.1) is 0 Å². The summed E-state index contributed by atoms with van der Waals surface area (Å²) in [5, 5.41) is 9.53. The molecule has 0 bridgehead atoms. The number of carbonyl (C=O) groups is 2. The van der Waals surface area contributed by atoms with Crippen LogP contribution in [0.2, 0.25) is 5.02 Å². The van der Waals surface area contributed by atoms with Crippen LogP contribution in [0.15, 0.2) is 12.1 Å². The molecule has 1 aliphatic heterocycles. The summed E-state index contributed by atoms with van der Waals surface area (Å²) in [6.07, 6.45) is 1.17. The highest BCUT2D eigenvalue weighted by molar-refractivity contribution is 6.32. The molecule has 1 heterocycles. The highest BCUT2D eigenvalue weighted by Crippen LogP contribution is 2.40. The Bertz CT molecular complexity index is 534. The first-order chi connectivity index (χ1) is 9.54. The molecule has 108 valence electrons. The van der Waals surface area contributed by atoms with Crippen molar-refractivity contribution in [3.05, 3.63) is 22.7 Å². The lowest BCUT2D eigenvalue weighted by Crippen LogP contribution is -2.29. The van der Waals surface area contributed by atoms with Gasteiger partial charge in [-0.05, 0) is 17.7 Å². The van der Waals surface area contributed by atoms with Crippen molar-refractivity contribution in [3.8, 4) is 11.5 Å². The number of likely N-dealkylation sites (N-methyl/N-ethyl adjacent to an activating group) is 1. The summed E-state index contributed by atoms with van der Waals surface area (Å²) >= 11 is 6.11. The van der Waals surface area contributed by atoms with Crippen LogP contribution in [0.3, 0.4) is 0 Å². The van der Waals surface area contributed by atoms with E-state index in [1.54, 1.807) is 6.07 Å². The molecule has 0 spiro atoms. The van der Waals surface area contributed by atoms with Crippen molar-refractivity contribution in [2.75, 3.05) is 20.3 Å². The normalized spacial score (nSPS) is 15.1. The maximum Gasteiger partial charge on any atom is 0.331 e. The van der Waals surface area contributed by atoms with Gasteiger partial charge in [-0.25, -0.2) is 4.79 Å². The van der Waals surface area contributed by atoms with E-state index in [9.17, 15) is 14.7 Å². The molecule has 6 nitrogen and oxygen atoms in total. The van der Waals surface area contributed by atoms with Crippen LogP contribution in [0.4, 0.5) is 0 Å². The molecule has 2 rings (SSSR count). The third-order valence-electron chi connectivity index (χ3n) is 2.95. The number of nitrogens with zero attached hydrogens (tertiary/aromatic N) is 1. The summed E-state index contributed by atoms with van der Waals surface area (Å²) in [6.45, 7) is 0.955. The van der Waals surface area contributed by atoms with Crippen molar-refractivity contribution in [1.82, 2.24) is 4.90 Å². The highest BCUT2D eigenvalue weighted by atomic mass is 35.5. The minimum absolute atomic E-state index is 0.268. The highest BCUT2D eigenvalue weighted by Gasteiger charge is 2.27. The standard InChI is InChI=1S/C13H14ClNO5/c1-15(7-16)11(13(17)18)8-5-9(14)12-10(6-8)19-3-2-4-20-12/h5-7,11H,2-4H2,1H3,(H,17,18). The van der Waals surface area contributed by atoms with Crippen LogP contribution in [-0.4, -0.2) is 42.6 Å². The predicted molar refractivity (Wildman–Crippen MR) is 71.3 cm³/mol. The fourth-order valence-corrected chi connectivity index (χ4v) is 2.30. The Labute approximate surface area is 120 Å². The zero-order chi connectivity index (χ0) is 14.7. The van der Waals surface area contributed by atoms with Crippen LogP contribution < -0.4 is 9.47 Å². The number of fused-ring (bicyclic) bond motifs is 1. The van der Waals surface area contributed by atoms with E-state index in [0.29, 0.717) is 36.7 Å². The van der Waals surface area contributed by atoms with E-state index in [1.807, 2.05) is 0 Å². The molecule has 0 fully saturated rings. The number of carbonyl (C=O) groups excluding carboxylic acids is 1. The number of rotatable bonds is 4. The SMILES string of the molecule is CN(C=O)C(C(=O)O)c1cc(Cl)c2c(c1)OCCCO2. The smallest absolute Gasteiger partial charge is 0.331 e. The zero-order valence-corrected chi connectivity index (χ0v) is 11.6. The molecular formula is C13H14ClNO5. The minimum Gasteiger partial charge on any atom is -0.489 e. The molecule has 1 N–H and O–H groups in total. The number of carboxylic acids is 1. The molecule has 0 radical (unpaired) electrons. The quantitative estimate of drug-likeness (QED) is 0.857. The average molecular weight is 300 g/mol. The number of hydrogen-bond acceptors (Lipinski definition) is 4. The molecule has 0 saturated carbocycles. The van der Waals surface area contributed by atoms with Crippen LogP contribution in [0.1, 0.15) is 18.0 Å². The lowest BCUT2D eigenvalue weighted by Gasteiger charge is -2.22. The van der Waals surface area contributed by atoms with Crippen molar-refractivity contribution in [2.24, 2.45) is 0 Å². The monoisotopic (exact) mass is 299 g/mol. The second kappa shape index (κ2) is 6.00. The van der Waals surface area contributed by atoms with Gasteiger partial charge in [0.25, 0.3) is 0 Å². The van der Waals surface area contributed by atoms with Crippen LogP contribution in [0.25, 0.3) is 0 Å². The van der Waals surface area contributed by atoms with Gasteiger partial charge < -0.3 is 19.5 Å². The van der Waals surface area contributed by atoms with E-state index >= 15 is 0 Å². The summed E-state index contributed by atoms with van der Waals surface area (Å²) in [6, 6.07) is 1.90. The number of hydrogen-bond donors (Lipinski definition) is 1. The van der Waals surface area contributed by atoms with Gasteiger partial charge in [-0.2, -0.15) is 0 Å². The van der Waals surface area contributed by atoms with E-state index in [-0.39, 0.29) is 5.02 Å². The molecule has 1 amide bonds. The van der Waals surface area contributed by atoms with E-state index in [1.165, 1.54) is 13.1 Å². The van der Waals surface area contributed by atoms with Crippen molar-refractivity contribution in [3.63, 3.8) is 0 Å². The van der Waals surface area contributed by atoms with Gasteiger partial charge in [0.05, 0.1) is 18.2 Å². The summed E-state index contributed by atoms with van der Waals surface area (Å²) in [5.41, 5.74) is 0.362. The predicted octanol–water partition coefficient (Wildman–Crippen LogP) is 1.72. The molecule has 1 atom stereocenters. The van der Waals surface area contributed by atoms with Crippen molar-refractivity contribution < 1.29 is 24.2 Å². The topological polar surface area (TPSA) is 76.1 Å². The van der Waals surface area contributed by atoms with Crippen molar-refractivity contribution >= 4 is 24.0 Å². The number of amides is 1. The van der Waals surface area contributed by atoms with Crippen molar-refractivity contribution in [2.45, 2.75) is 12.5 Å². The van der Waals surface area contributed by atoms with Gasteiger partial charge in [0.15, 0.2) is 17.5 Å². The van der Waals surface area contributed by atoms with E-state index < -0.39 is 12.0 Å². The summed E-state index contributed by atoms with van der Waals surface area (Å²) in [4.78, 5) is 23.2. The van der Waals surface area contributed by atoms with Crippen LogP contribution in [0, 0.1) is 0 Å². The lowest BCUT2D eigenvalue weighted by molar-refractivity contribution is -0.145. The maximum atomic E-state index is 11.3. The Morgan fingerprint density at radius 2 is 2.15 bits per heavy atom. The van der Waals surface area contributed by atoms with E-state index in [4.69, 9.17) is 21.1 Å². The zero-order valence-electron chi connectivity index (χ0n) is 10.8. The Hall–Kier alpha value is -1.95. The summed E-state index contributed by atoms with van der Waals surface area (Å²) in [5.74, 6) is -0.341. The van der Waals surface area contributed by atoms with Gasteiger partial charge in [0.1, 0.15) is 0 Å². The maximum absolute atomic E-state index is 11.3. The van der Waals surface area contributed by atoms with Crippen LogP contribution >= 0.6 is 11.6 Å². The first-order valence-electron chi connectivity index (χ1n) is 6.03. The Balaban J connectivity index is 2.46. The first kappa shape index (κ1) is 14.5. The second-order valence-corrected chi connectivity index (χ2v) is 4.80. The van der Waals surface area contributed by atoms with E-state index in [0.717, 1.165) is 11.3 Å². The first-order valence-corrected chi connectivity index (χ1v) is 6.41. The third kappa shape index (κ3) is 2.80. The molecule has 0 aliphatic carbocycles. The molecule has 1 aromatic rings. The number of benzene rings is 1. The molecule has 1 aliphatic rings. The minimum atomic E-state index is -1.15. The van der Waals surface area contributed by atoms with Gasteiger partial charge >= 0.3 is 5.97 Å². The molecular weight excluding hydrogens is 286 g/mol. The van der Waals surface area contributed by atoms with E-state index in [2.05, 4.69) is 0 Å². The van der Waals surface area contributed by atoms with Gasteiger partial charge in [-0.1, -0.05) is 11.6 Å². The lowest BCUT2D eigenvalue weighted by atomic mass is 10.1. The summed E-state index contributed by atoms with van der Waals surface area (Å²) < 4.78 is 11.0. The van der Waals surface area contributed by atoms with Crippen molar-refractivity contribution in [1.29, 1.82) is 0 Å². The second-order valence-electron chi connectivity index (χ2n) is 4.39. The fourth-order valence-electron chi connectivity index (χ4n) is 2.02. The number of ether oxygens (including phenoxy) is 2. The van der Waals surface area contributed by atoms with Gasteiger partial charge in [0, 0.05) is 13.5 Å². The Kier molecular flexibility index (Phi) is 4.34. The van der Waals surface area contributed by atoms with Crippen LogP contribution in [0.5, 0.6) is 11.5 Å². The van der Waals surface area contributed by atoms with Gasteiger partial charge in [-0.3, -0.25) is 4.79 Å². The van der Waals surface area contributed by atoms with Gasteiger partial charge in [0.2, 0.25) is 6.41 Å². The fraction of sp³-hybridized carbons (Fsp3) is 0.385. The number of carboxylic acid groups (broad SMARTS) is 1. The third-order valence-corrected chi connectivity index (χ3v) is 3.23. The summed E-state index contributed by atoms with van der Waals surface area (Å²) in [7, 11) is 1.39. The molecule has 0 aromatic heterocycles. The Morgan fingerprint density at radius 3 is 2.80 bits per heavy atom. The largest absolute Gasteiger partial charge is 0.489 e. The molecule has 7 heteroatoms. The average Bonchev–Trinajstić information content (AvgIpc) is 2.64. The Morgan fingerprint density at radius 1 is 1.45 bits per heavy atom. The number of halogens is 1. The number of aliphatic carboxylic acids is 1. The molecule has 1 aromatic carbocycles. The molecule has 0 saturated heterocycles. The van der Waals surface area contributed by atoms with Crippen LogP contribution in [-0.2, 0) is 9.59 Å². The molecule has 1 unspecified atom stereocenters. The molecule has 20 heavy (non-hydrogen) atoms.